The number of ether oxygens (including phenoxy) is 2. The Balaban J connectivity index is 1.56. The first-order chi connectivity index (χ1) is 12.8. The molecule has 1 heterocycles. The van der Waals surface area contributed by atoms with E-state index in [1.807, 2.05) is 12.1 Å². The number of fused-ring (bicyclic) bond motifs is 2. The summed E-state index contributed by atoms with van der Waals surface area (Å²) < 4.78 is 11.1. The fourth-order valence-electron chi connectivity index (χ4n) is 5.86. The lowest BCUT2D eigenvalue weighted by Crippen LogP contribution is -2.43. The number of carbonyl (C=O) groups is 1. The molecule has 27 heavy (non-hydrogen) atoms. The van der Waals surface area contributed by atoms with Gasteiger partial charge in [0.1, 0.15) is 0 Å². The topological polar surface area (TPSA) is 38.8 Å². The third-order valence-corrected chi connectivity index (χ3v) is 7.65. The lowest BCUT2D eigenvalue weighted by molar-refractivity contribution is -0.138. The Morgan fingerprint density at radius 2 is 2.00 bits per heavy atom. The molecule has 1 amide bonds. The summed E-state index contributed by atoms with van der Waals surface area (Å²) in [5.41, 5.74) is 2.07. The number of rotatable bonds is 4. The fourth-order valence-corrected chi connectivity index (χ4v) is 5.86. The van der Waals surface area contributed by atoms with Gasteiger partial charge in [-0.3, -0.25) is 4.79 Å². The normalized spacial score (nSPS) is 31.4. The first kappa shape index (κ1) is 18.4. The van der Waals surface area contributed by atoms with Gasteiger partial charge in [0, 0.05) is 24.6 Å². The van der Waals surface area contributed by atoms with E-state index in [0.29, 0.717) is 11.8 Å². The Kier molecular flexibility index (Phi) is 4.28. The maximum atomic E-state index is 13.6. The van der Waals surface area contributed by atoms with Gasteiger partial charge in [0.05, 0.1) is 19.6 Å². The molecular formula is C23H31NO3. The summed E-state index contributed by atoms with van der Waals surface area (Å²) >= 11 is 0. The van der Waals surface area contributed by atoms with Gasteiger partial charge in [0.15, 0.2) is 11.5 Å². The van der Waals surface area contributed by atoms with E-state index in [0.717, 1.165) is 55.8 Å². The third-order valence-electron chi connectivity index (χ3n) is 7.65. The summed E-state index contributed by atoms with van der Waals surface area (Å²) in [5, 5.41) is 0. The summed E-state index contributed by atoms with van der Waals surface area (Å²) in [4.78, 5) is 15.7. The van der Waals surface area contributed by atoms with Crippen LogP contribution in [0.2, 0.25) is 0 Å². The van der Waals surface area contributed by atoms with Crippen LogP contribution >= 0.6 is 0 Å². The number of para-hydroxylation sites is 1. The molecule has 4 nitrogen and oxygen atoms in total. The molecule has 1 saturated heterocycles. The SMILES string of the molecule is C=C1C2(C(=O)N3CCC(c4cccc(OC)c4OC)C3)CCC(C2)C1(C)C. The van der Waals surface area contributed by atoms with Crippen molar-refractivity contribution in [1.29, 1.82) is 0 Å². The number of nitrogens with zero attached hydrogens (tertiary/aromatic N) is 1. The van der Waals surface area contributed by atoms with Gasteiger partial charge in [0.2, 0.25) is 5.91 Å². The van der Waals surface area contributed by atoms with Crippen LogP contribution in [0.3, 0.4) is 0 Å². The van der Waals surface area contributed by atoms with Gasteiger partial charge in [-0.1, -0.05) is 38.1 Å². The molecule has 3 aliphatic rings. The van der Waals surface area contributed by atoms with Crippen molar-refractivity contribution in [3.8, 4) is 11.5 Å². The fraction of sp³-hybridized carbons (Fsp3) is 0.609. The van der Waals surface area contributed by atoms with Crippen LogP contribution in [0.1, 0.15) is 51.0 Å². The van der Waals surface area contributed by atoms with Gasteiger partial charge in [-0.15, -0.1) is 0 Å². The molecule has 3 atom stereocenters. The Bertz CT molecular complexity index is 784. The molecule has 4 rings (SSSR count). The molecule has 0 spiro atoms. The minimum Gasteiger partial charge on any atom is -0.493 e. The monoisotopic (exact) mass is 369 g/mol. The number of hydrogen-bond donors (Lipinski definition) is 0. The highest BCUT2D eigenvalue weighted by atomic mass is 16.5. The molecule has 1 aliphatic heterocycles. The van der Waals surface area contributed by atoms with Crippen molar-refractivity contribution < 1.29 is 14.3 Å². The quantitative estimate of drug-likeness (QED) is 0.738. The molecule has 2 saturated carbocycles. The summed E-state index contributed by atoms with van der Waals surface area (Å²) in [6.07, 6.45) is 4.08. The van der Waals surface area contributed by atoms with Crippen molar-refractivity contribution in [2.45, 2.75) is 45.4 Å². The largest absolute Gasteiger partial charge is 0.493 e. The summed E-state index contributed by atoms with van der Waals surface area (Å²) in [6.45, 7) is 10.5. The van der Waals surface area contributed by atoms with Crippen molar-refractivity contribution in [3.05, 3.63) is 35.9 Å². The van der Waals surface area contributed by atoms with E-state index in [-0.39, 0.29) is 16.7 Å². The molecule has 3 fully saturated rings. The van der Waals surface area contributed by atoms with Gasteiger partial charge in [-0.2, -0.15) is 0 Å². The van der Waals surface area contributed by atoms with Crippen LogP contribution < -0.4 is 9.47 Å². The lowest BCUT2D eigenvalue weighted by atomic mass is 9.68. The highest BCUT2D eigenvalue weighted by molar-refractivity contribution is 5.88. The first-order valence-corrected chi connectivity index (χ1v) is 10.0. The average Bonchev–Trinajstić information content (AvgIpc) is 3.37. The number of carbonyl (C=O) groups excluding carboxylic acids is 1. The molecular weight excluding hydrogens is 338 g/mol. The number of methoxy groups -OCH3 is 2. The second kappa shape index (κ2) is 6.29. The van der Waals surface area contributed by atoms with E-state index in [9.17, 15) is 4.79 Å². The van der Waals surface area contributed by atoms with Gasteiger partial charge in [0.25, 0.3) is 0 Å². The predicted octanol–water partition coefficient (Wildman–Crippen LogP) is 4.40. The standard InChI is InChI=1S/C23H31NO3/c1-15-22(2,3)17-9-11-23(15,13-17)21(25)24-12-10-16(14-24)18-7-6-8-19(26-4)20(18)27-5/h6-8,16-17H,1,9-14H2,2-5H3. The van der Waals surface area contributed by atoms with Crippen LogP contribution in [-0.4, -0.2) is 38.1 Å². The van der Waals surface area contributed by atoms with E-state index < -0.39 is 0 Å². The minimum absolute atomic E-state index is 0.0864. The first-order valence-electron chi connectivity index (χ1n) is 10.0. The molecule has 4 heteroatoms. The molecule has 0 radical (unpaired) electrons. The highest BCUT2D eigenvalue weighted by Crippen LogP contribution is 2.66. The summed E-state index contributed by atoms with van der Waals surface area (Å²) in [7, 11) is 3.34. The highest BCUT2D eigenvalue weighted by Gasteiger charge is 2.62. The number of likely N-dealkylation sites (tertiary alicyclic amines) is 1. The van der Waals surface area contributed by atoms with E-state index in [2.05, 4.69) is 31.4 Å². The number of amides is 1. The smallest absolute Gasteiger partial charge is 0.232 e. The second-order valence-electron chi connectivity index (χ2n) is 9.04. The van der Waals surface area contributed by atoms with Crippen LogP contribution in [0.4, 0.5) is 0 Å². The molecule has 3 unspecified atom stereocenters. The van der Waals surface area contributed by atoms with Crippen molar-refractivity contribution >= 4 is 5.91 Å². The molecule has 0 aromatic heterocycles. The van der Waals surface area contributed by atoms with Crippen molar-refractivity contribution in [2.24, 2.45) is 16.7 Å². The zero-order chi connectivity index (χ0) is 19.4. The van der Waals surface area contributed by atoms with Crippen molar-refractivity contribution in [3.63, 3.8) is 0 Å². The summed E-state index contributed by atoms with van der Waals surface area (Å²) in [6, 6.07) is 6.02. The Morgan fingerprint density at radius 1 is 1.22 bits per heavy atom. The van der Waals surface area contributed by atoms with Crippen molar-refractivity contribution in [1.82, 2.24) is 4.90 Å². The van der Waals surface area contributed by atoms with Gasteiger partial charge in [-0.25, -0.2) is 0 Å². The van der Waals surface area contributed by atoms with E-state index in [1.165, 1.54) is 5.57 Å². The number of benzene rings is 1. The third kappa shape index (κ3) is 2.52. The minimum atomic E-state index is -0.318. The lowest BCUT2D eigenvalue weighted by Gasteiger charge is -2.39. The van der Waals surface area contributed by atoms with Crippen LogP contribution in [0, 0.1) is 16.7 Å². The zero-order valence-corrected chi connectivity index (χ0v) is 17.0. The Morgan fingerprint density at radius 3 is 2.63 bits per heavy atom. The van der Waals surface area contributed by atoms with Gasteiger partial charge in [-0.05, 0) is 43.1 Å². The van der Waals surface area contributed by atoms with Gasteiger partial charge < -0.3 is 14.4 Å². The molecule has 2 bridgehead atoms. The maximum absolute atomic E-state index is 13.6. The van der Waals surface area contributed by atoms with Crippen LogP contribution in [0.5, 0.6) is 11.5 Å². The van der Waals surface area contributed by atoms with E-state index >= 15 is 0 Å². The zero-order valence-electron chi connectivity index (χ0n) is 17.0. The predicted molar refractivity (Wildman–Crippen MR) is 106 cm³/mol. The molecule has 1 aromatic rings. The van der Waals surface area contributed by atoms with Crippen LogP contribution in [0.15, 0.2) is 30.4 Å². The van der Waals surface area contributed by atoms with Crippen LogP contribution in [-0.2, 0) is 4.79 Å². The molecule has 146 valence electrons. The summed E-state index contributed by atoms with van der Waals surface area (Å²) in [5.74, 6) is 2.75. The maximum Gasteiger partial charge on any atom is 0.232 e. The average molecular weight is 370 g/mol. The van der Waals surface area contributed by atoms with E-state index in [4.69, 9.17) is 9.47 Å². The van der Waals surface area contributed by atoms with Crippen LogP contribution in [0.25, 0.3) is 0 Å². The second-order valence-corrected chi connectivity index (χ2v) is 9.04. The molecule has 1 aromatic carbocycles. The van der Waals surface area contributed by atoms with Gasteiger partial charge >= 0.3 is 0 Å². The Labute approximate surface area is 162 Å². The van der Waals surface area contributed by atoms with Crippen molar-refractivity contribution in [2.75, 3.05) is 27.3 Å². The Hall–Kier alpha value is -1.97. The number of hydrogen-bond acceptors (Lipinski definition) is 3. The van der Waals surface area contributed by atoms with E-state index in [1.54, 1.807) is 14.2 Å². The molecule has 0 N–H and O–H groups in total. The molecule has 2 aliphatic carbocycles.